The van der Waals surface area contributed by atoms with Crippen molar-refractivity contribution in [1.29, 1.82) is 0 Å². The van der Waals surface area contributed by atoms with E-state index in [0.717, 1.165) is 18.8 Å². The van der Waals surface area contributed by atoms with E-state index in [4.69, 9.17) is 4.74 Å². The quantitative estimate of drug-likeness (QED) is 0.696. The SMILES string of the molecule is CCCCCCCOc1ccc2[nH]ccc2c1. The summed E-state index contributed by atoms with van der Waals surface area (Å²) in [6.07, 6.45) is 8.36. The van der Waals surface area contributed by atoms with Crippen molar-refractivity contribution >= 4 is 10.9 Å². The zero-order chi connectivity index (χ0) is 11.9. The molecule has 0 radical (unpaired) electrons. The highest BCUT2D eigenvalue weighted by Crippen LogP contribution is 2.19. The molecule has 0 saturated carbocycles. The number of aromatic amines is 1. The molecule has 2 nitrogen and oxygen atoms in total. The molecule has 1 aromatic carbocycles. The second-order valence-electron chi connectivity index (χ2n) is 4.49. The van der Waals surface area contributed by atoms with Crippen LogP contribution >= 0.6 is 0 Å². The predicted octanol–water partition coefficient (Wildman–Crippen LogP) is 4.52. The van der Waals surface area contributed by atoms with Gasteiger partial charge in [0.05, 0.1) is 6.61 Å². The molecule has 0 spiro atoms. The molecule has 0 unspecified atom stereocenters. The van der Waals surface area contributed by atoms with Gasteiger partial charge in [0.15, 0.2) is 0 Å². The monoisotopic (exact) mass is 231 g/mol. The standard InChI is InChI=1S/C15H21NO/c1-2-3-4-5-6-11-17-14-7-8-15-13(12-14)9-10-16-15/h7-10,12,16H,2-6,11H2,1H3. The first-order valence-corrected chi connectivity index (χ1v) is 6.60. The lowest BCUT2D eigenvalue weighted by atomic mass is 10.2. The highest BCUT2D eigenvalue weighted by Gasteiger charge is 1.97. The van der Waals surface area contributed by atoms with Crippen LogP contribution in [0.3, 0.4) is 0 Å². The van der Waals surface area contributed by atoms with Crippen LogP contribution in [0.2, 0.25) is 0 Å². The Balaban J connectivity index is 1.75. The minimum atomic E-state index is 0.833. The molecule has 17 heavy (non-hydrogen) atoms. The van der Waals surface area contributed by atoms with Crippen LogP contribution in [0.4, 0.5) is 0 Å². The Morgan fingerprint density at radius 1 is 1.06 bits per heavy atom. The number of rotatable bonds is 7. The maximum Gasteiger partial charge on any atom is 0.120 e. The summed E-state index contributed by atoms with van der Waals surface area (Å²) < 4.78 is 5.75. The van der Waals surface area contributed by atoms with Gasteiger partial charge >= 0.3 is 0 Å². The molecular weight excluding hydrogens is 210 g/mol. The van der Waals surface area contributed by atoms with Crippen LogP contribution in [0.1, 0.15) is 39.0 Å². The molecule has 0 amide bonds. The van der Waals surface area contributed by atoms with Crippen molar-refractivity contribution in [2.24, 2.45) is 0 Å². The van der Waals surface area contributed by atoms with Crippen LogP contribution < -0.4 is 4.74 Å². The fraction of sp³-hybridized carbons (Fsp3) is 0.467. The van der Waals surface area contributed by atoms with E-state index in [9.17, 15) is 0 Å². The van der Waals surface area contributed by atoms with Crippen LogP contribution in [0.25, 0.3) is 10.9 Å². The molecule has 0 aliphatic heterocycles. The number of aromatic nitrogens is 1. The van der Waals surface area contributed by atoms with E-state index >= 15 is 0 Å². The molecule has 2 rings (SSSR count). The van der Waals surface area contributed by atoms with Crippen LogP contribution in [0.15, 0.2) is 30.5 Å². The van der Waals surface area contributed by atoms with Crippen molar-refractivity contribution in [1.82, 2.24) is 4.98 Å². The fourth-order valence-corrected chi connectivity index (χ4v) is 2.02. The van der Waals surface area contributed by atoms with Gasteiger partial charge in [0, 0.05) is 17.1 Å². The Kier molecular flexibility index (Phi) is 4.48. The first-order valence-electron chi connectivity index (χ1n) is 6.60. The number of nitrogens with one attached hydrogen (secondary N) is 1. The van der Waals surface area contributed by atoms with Gasteiger partial charge < -0.3 is 9.72 Å². The van der Waals surface area contributed by atoms with Gasteiger partial charge in [0.1, 0.15) is 5.75 Å². The van der Waals surface area contributed by atoms with Crippen LogP contribution in [-0.2, 0) is 0 Å². The summed E-state index contributed by atoms with van der Waals surface area (Å²) >= 11 is 0. The van der Waals surface area contributed by atoms with Crippen molar-refractivity contribution in [3.63, 3.8) is 0 Å². The molecule has 2 aromatic rings. The van der Waals surface area contributed by atoms with Crippen LogP contribution in [-0.4, -0.2) is 11.6 Å². The number of hydrogen-bond donors (Lipinski definition) is 1. The Morgan fingerprint density at radius 2 is 1.94 bits per heavy atom. The van der Waals surface area contributed by atoms with E-state index < -0.39 is 0 Å². The van der Waals surface area contributed by atoms with Gasteiger partial charge in [0.2, 0.25) is 0 Å². The average Bonchev–Trinajstić information content (AvgIpc) is 2.81. The van der Waals surface area contributed by atoms with E-state index in [1.807, 2.05) is 12.3 Å². The van der Waals surface area contributed by atoms with Gasteiger partial charge in [-0.3, -0.25) is 0 Å². The number of unbranched alkanes of at least 4 members (excludes halogenated alkanes) is 4. The summed E-state index contributed by atoms with van der Waals surface area (Å²) in [4.78, 5) is 3.18. The third-order valence-electron chi connectivity index (χ3n) is 3.04. The molecule has 1 aromatic heterocycles. The smallest absolute Gasteiger partial charge is 0.120 e. The topological polar surface area (TPSA) is 25.0 Å². The summed E-state index contributed by atoms with van der Waals surface area (Å²) in [5.41, 5.74) is 1.17. The van der Waals surface area contributed by atoms with E-state index in [-0.39, 0.29) is 0 Å². The van der Waals surface area contributed by atoms with Crippen molar-refractivity contribution in [2.45, 2.75) is 39.0 Å². The molecule has 0 aliphatic rings. The van der Waals surface area contributed by atoms with E-state index in [0.29, 0.717) is 0 Å². The third-order valence-corrected chi connectivity index (χ3v) is 3.04. The Hall–Kier alpha value is -1.44. The fourth-order valence-electron chi connectivity index (χ4n) is 2.02. The molecule has 1 N–H and O–H groups in total. The van der Waals surface area contributed by atoms with E-state index in [1.54, 1.807) is 0 Å². The number of ether oxygens (including phenoxy) is 1. The summed E-state index contributed by atoms with van der Waals surface area (Å²) in [6, 6.07) is 8.27. The minimum Gasteiger partial charge on any atom is -0.494 e. The second kappa shape index (κ2) is 6.33. The molecule has 0 fully saturated rings. The van der Waals surface area contributed by atoms with Crippen molar-refractivity contribution in [3.8, 4) is 5.75 Å². The van der Waals surface area contributed by atoms with Gasteiger partial charge in [-0.05, 0) is 30.7 Å². The van der Waals surface area contributed by atoms with Gasteiger partial charge in [-0.15, -0.1) is 0 Å². The predicted molar refractivity (Wildman–Crippen MR) is 72.6 cm³/mol. The molecule has 1 heterocycles. The summed E-state index contributed by atoms with van der Waals surface area (Å²) in [7, 11) is 0. The molecule has 92 valence electrons. The van der Waals surface area contributed by atoms with E-state index in [2.05, 4.69) is 30.1 Å². The molecule has 2 heteroatoms. The Labute approximate surface area is 103 Å². The number of hydrogen-bond acceptors (Lipinski definition) is 1. The summed E-state index contributed by atoms with van der Waals surface area (Å²) in [6.45, 7) is 3.07. The highest BCUT2D eigenvalue weighted by atomic mass is 16.5. The van der Waals surface area contributed by atoms with Crippen molar-refractivity contribution in [2.75, 3.05) is 6.61 Å². The maximum absolute atomic E-state index is 5.75. The number of benzene rings is 1. The first-order chi connectivity index (χ1) is 8.40. The largest absolute Gasteiger partial charge is 0.494 e. The number of H-pyrrole nitrogens is 1. The van der Waals surface area contributed by atoms with Gasteiger partial charge in [-0.2, -0.15) is 0 Å². The Bertz CT molecular complexity index is 447. The molecule has 0 aliphatic carbocycles. The van der Waals surface area contributed by atoms with Crippen molar-refractivity contribution < 1.29 is 4.74 Å². The lowest BCUT2D eigenvalue weighted by Crippen LogP contribution is -1.96. The van der Waals surface area contributed by atoms with Crippen LogP contribution in [0.5, 0.6) is 5.75 Å². The molecular formula is C15H21NO. The van der Waals surface area contributed by atoms with Crippen molar-refractivity contribution in [3.05, 3.63) is 30.5 Å². The normalized spacial score (nSPS) is 10.9. The van der Waals surface area contributed by atoms with E-state index in [1.165, 1.54) is 36.6 Å². The zero-order valence-corrected chi connectivity index (χ0v) is 10.5. The van der Waals surface area contributed by atoms with Crippen LogP contribution in [0, 0.1) is 0 Å². The minimum absolute atomic E-state index is 0.833. The highest BCUT2D eigenvalue weighted by molar-refractivity contribution is 5.80. The zero-order valence-electron chi connectivity index (χ0n) is 10.5. The average molecular weight is 231 g/mol. The third kappa shape index (κ3) is 3.52. The lowest BCUT2D eigenvalue weighted by molar-refractivity contribution is 0.305. The Morgan fingerprint density at radius 3 is 2.82 bits per heavy atom. The second-order valence-corrected chi connectivity index (χ2v) is 4.49. The van der Waals surface area contributed by atoms with Gasteiger partial charge in [-0.25, -0.2) is 0 Å². The molecule has 0 saturated heterocycles. The van der Waals surface area contributed by atoms with Gasteiger partial charge in [0.25, 0.3) is 0 Å². The lowest BCUT2D eigenvalue weighted by Gasteiger charge is -2.06. The summed E-state index contributed by atoms with van der Waals surface area (Å²) in [5, 5.41) is 1.22. The summed E-state index contributed by atoms with van der Waals surface area (Å²) in [5.74, 6) is 0.979. The maximum atomic E-state index is 5.75. The van der Waals surface area contributed by atoms with Gasteiger partial charge in [-0.1, -0.05) is 32.6 Å². The first kappa shape index (κ1) is 12.0. The molecule has 0 bridgehead atoms. The number of fused-ring (bicyclic) bond motifs is 1. The molecule has 0 atom stereocenters.